The first-order valence-electron chi connectivity index (χ1n) is 4.04. The Kier molecular flexibility index (Phi) is 2.56. The number of carboxylic acid groups (broad SMARTS) is 1. The fourth-order valence-corrected chi connectivity index (χ4v) is 2.31. The summed E-state index contributed by atoms with van der Waals surface area (Å²) in [5.41, 5.74) is 0.936. The molecular weight excluding hydrogens is 224 g/mol. The molecule has 0 saturated heterocycles. The number of carbonyl (C=O) groups is 1. The number of rotatable bonds is 1. The maximum atomic E-state index is 10.8. The minimum absolute atomic E-state index is 0.140. The van der Waals surface area contributed by atoms with Gasteiger partial charge in [-0.15, -0.1) is 0 Å². The average Bonchev–Trinajstić information content (AvgIpc) is 2.18. The van der Waals surface area contributed by atoms with Crippen molar-refractivity contribution in [3.05, 3.63) is 28.3 Å². The van der Waals surface area contributed by atoms with Crippen LogP contribution in [-0.2, 0) is 6.42 Å². The van der Waals surface area contributed by atoms with Gasteiger partial charge in [0, 0.05) is 11.3 Å². The molecule has 0 atom stereocenters. The lowest BCUT2D eigenvalue weighted by Crippen LogP contribution is -2.06. The van der Waals surface area contributed by atoms with Crippen molar-refractivity contribution in [1.29, 1.82) is 0 Å². The Labute approximate surface area is 90.2 Å². The maximum Gasteiger partial charge on any atom is 0.337 e. The van der Waals surface area contributed by atoms with Gasteiger partial charge in [0.05, 0.1) is 22.6 Å². The summed E-state index contributed by atoms with van der Waals surface area (Å²) in [6, 6.07) is 3.12. The average molecular weight is 231 g/mol. The van der Waals surface area contributed by atoms with Gasteiger partial charge in [-0.3, -0.25) is 0 Å². The number of carboxylic acids is 1. The summed E-state index contributed by atoms with van der Waals surface area (Å²) in [6.07, 6.45) is 0.750. The quantitative estimate of drug-likeness (QED) is 0.754. The Morgan fingerprint density at radius 2 is 2.36 bits per heavy atom. The van der Waals surface area contributed by atoms with Gasteiger partial charge in [-0.2, -0.15) is 0 Å². The van der Waals surface area contributed by atoms with E-state index in [0.29, 0.717) is 10.8 Å². The summed E-state index contributed by atoms with van der Waals surface area (Å²) in [5, 5.41) is 9.14. The molecule has 74 valence electrons. The molecule has 0 radical (unpaired) electrons. The zero-order valence-corrected chi connectivity index (χ0v) is 8.69. The van der Waals surface area contributed by atoms with Gasteiger partial charge < -0.3 is 9.29 Å². The predicted octanol–water partition coefficient (Wildman–Crippen LogP) is 2.62. The summed E-state index contributed by atoms with van der Waals surface area (Å²) in [4.78, 5) is 10.8. The van der Waals surface area contributed by atoms with Crippen molar-refractivity contribution in [2.24, 2.45) is 0 Å². The minimum atomic E-state index is -1.00. The molecule has 5 heteroatoms. The zero-order valence-electron chi connectivity index (χ0n) is 7.12. The third-order valence-electron chi connectivity index (χ3n) is 2.01. The number of halogens is 1. The van der Waals surface area contributed by atoms with Gasteiger partial charge in [-0.25, -0.2) is 4.79 Å². The summed E-state index contributed by atoms with van der Waals surface area (Å²) >= 11 is 7.31. The molecule has 1 heterocycles. The van der Waals surface area contributed by atoms with Crippen molar-refractivity contribution in [2.75, 3.05) is 5.75 Å². The van der Waals surface area contributed by atoms with Crippen LogP contribution in [0.3, 0.4) is 0 Å². The molecule has 0 unspecified atom stereocenters. The highest BCUT2D eigenvalue weighted by atomic mass is 35.5. The highest BCUT2D eigenvalue weighted by Crippen LogP contribution is 2.35. The summed E-state index contributed by atoms with van der Waals surface area (Å²) < 4.78 is 5.28. The van der Waals surface area contributed by atoms with E-state index < -0.39 is 5.97 Å². The standard InChI is InChI=1S/C9H7ClO3S/c10-8-5-3-4-14-13-7(5)2-1-6(8)9(11)12/h1-2H,3-4H2,(H,11,12). The highest BCUT2D eigenvalue weighted by Gasteiger charge is 2.19. The van der Waals surface area contributed by atoms with Crippen molar-refractivity contribution < 1.29 is 14.1 Å². The molecule has 0 aliphatic carbocycles. The van der Waals surface area contributed by atoms with E-state index in [9.17, 15) is 4.79 Å². The van der Waals surface area contributed by atoms with Crippen LogP contribution in [0.2, 0.25) is 5.02 Å². The van der Waals surface area contributed by atoms with E-state index in [-0.39, 0.29) is 5.56 Å². The molecule has 1 aromatic carbocycles. The molecule has 0 saturated carbocycles. The molecule has 0 fully saturated rings. The molecule has 0 amide bonds. The van der Waals surface area contributed by atoms with E-state index in [1.807, 2.05) is 0 Å². The second-order valence-corrected chi connectivity index (χ2v) is 4.05. The number of hydrogen-bond acceptors (Lipinski definition) is 3. The van der Waals surface area contributed by atoms with Crippen LogP contribution >= 0.6 is 23.6 Å². The van der Waals surface area contributed by atoms with Crippen LogP contribution in [0, 0.1) is 0 Å². The van der Waals surface area contributed by atoms with Crippen LogP contribution in [0.1, 0.15) is 15.9 Å². The molecule has 1 aliphatic heterocycles. The Morgan fingerprint density at radius 3 is 3.07 bits per heavy atom. The van der Waals surface area contributed by atoms with Gasteiger partial charge >= 0.3 is 5.97 Å². The third kappa shape index (κ3) is 1.55. The normalized spacial score (nSPS) is 14.4. The van der Waals surface area contributed by atoms with Crippen molar-refractivity contribution in [2.45, 2.75) is 6.42 Å². The van der Waals surface area contributed by atoms with E-state index in [1.165, 1.54) is 18.1 Å². The van der Waals surface area contributed by atoms with Crippen molar-refractivity contribution >= 4 is 29.6 Å². The van der Waals surface area contributed by atoms with Crippen LogP contribution in [0.4, 0.5) is 0 Å². The first-order valence-corrected chi connectivity index (χ1v) is 5.33. The topological polar surface area (TPSA) is 46.5 Å². The highest BCUT2D eigenvalue weighted by molar-refractivity contribution is 7.95. The Balaban J connectivity index is 2.54. The third-order valence-corrected chi connectivity index (χ3v) is 3.11. The van der Waals surface area contributed by atoms with E-state index in [4.69, 9.17) is 20.9 Å². The number of fused-ring (bicyclic) bond motifs is 1. The Hall–Kier alpha value is -0.870. The lowest BCUT2D eigenvalue weighted by molar-refractivity contribution is 0.0697. The molecule has 14 heavy (non-hydrogen) atoms. The largest absolute Gasteiger partial charge is 0.478 e. The number of aromatic carboxylic acids is 1. The molecule has 3 nitrogen and oxygen atoms in total. The van der Waals surface area contributed by atoms with Crippen LogP contribution < -0.4 is 4.18 Å². The van der Waals surface area contributed by atoms with Gasteiger partial charge in [0.15, 0.2) is 0 Å². The molecule has 1 N–H and O–H groups in total. The van der Waals surface area contributed by atoms with Gasteiger partial charge in [0.25, 0.3) is 0 Å². The van der Waals surface area contributed by atoms with Gasteiger partial charge in [0.2, 0.25) is 0 Å². The van der Waals surface area contributed by atoms with E-state index in [0.717, 1.165) is 17.7 Å². The van der Waals surface area contributed by atoms with Crippen molar-refractivity contribution in [1.82, 2.24) is 0 Å². The summed E-state index contributed by atoms with van der Waals surface area (Å²) in [5.74, 6) is 0.475. The first kappa shape index (κ1) is 9.68. The maximum absolute atomic E-state index is 10.8. The van der Waals surface area contributed by atoms with Gasteiger partial charge in [-0.05, 0) is 18.6 Å². The Morgan fingerprint density at radius 1 is 1.57 bits per heavy atom. The molecule has 0 spiro atoms. The zero-order chi connectivity index (χ0) is 10.1. The van der Waals surface area contributed by atoms with E-state index in [2.05, 4.69) is 0 Å². The van der Waals surface area contributed by atoms with E-state index >= 15 is 0 Å². The van der Waals surface area contributed by atoms with Gasteiger partial charge in [-0.1, -0.05) is 11.6 Å². The monoisotopic (exact) mass is 230 g/mol. The molecule has 1 aromatic rings. The molecule has 1 aliphatic rings. The second kappa shape index (κ2) is 3.71. The van der Waals surface area contributed by atoms with E-state index in [1.54, 1.807) is 6.07 Å². The first-order chi connectivity index (χ1) is 6.70. The number of benzene rings is 1. The van der Waals surface area contributed by atoms with Crippen LogP contribution in [0.5, 0.6) is 5.75 Å². The fourth-order valence-electron chi connectivity index (χ4n) is 1.33. The van der Waals surface area contributed by atoms with Crippen molar-refractivity contribution in [3.63, 3.8) is 0 Å². The lowest BCUT2D eigenvalue weighted by atomic mass is 10.1. The SMILES string of the molecule is O=C(O)c1ccc2c(c1Cl)CCSO2. The number of hydrogen-bond donors (Lipinski definition) is 1. The Bertz CT molecular complexity index is 392. The van der Waals surface area contributed by atoms with Crippen LogP contribution in [-0.4, -0.2) is 16.8 Å². The van der Waals surface area contributed by atoms with Crippen LogP contribution in [0.15, 0.2) is 12.1 Å². The molecule has 2 rings (SSSR count). The molecule has 0 aromatic heterocycles. The minimum Gasteiger partial charge on any atom is -0.478 e. The predicted molar refractivity (Wildman–Crippen MR) is 55.2 cm³/mol. The van der Waals surface area contributed by atoms with Crippen molar-refractivity contribution in [3.8, 4) is 5.75 Å². The smallest absolute Gasteiger partial charge is 0.337 e. The summed E-state index contributed by atoms with van der Waals surface area (Å²) in [6.45, 7) is 0. The summed E-state index contributed by atoms with van der Waals surface area (Å²) in [7, 11) is 0. The second-order valence-electron chi connectivity index (χ2n) is 2.86. The van der Waals surface area contributed by atoms with Crippen LogP contribution in [0.25, 0.3) is 0 Å². The molecular formula is C9H7ClO3S. The van der Waals surface area contributed by atoms with Gasteiger partial charge in [0.1, 0.15) is 5.75 Å². The lowest BCUT2D eigenvalue weighted by Gasteiger charge is -2.17. The molecule has 0 bridgehead atoms. The fraction of sp³-hybridized carbons (Fsp3) is 0.222.